The lowest BCUT2D eigenvalue weighted by atomic mass is 9.79. The van der Waals surface area contributed by atoms with Crippen molar-refractivity contribution in [3.8, 4) is 17.2 Å². The molecule has 1 saturated heterocycles. The lowest BCUT2D eigenvalue weighted by Crippen LogP contribution is -2.41. The molecule has 0 amide bonds. The fourth-order valence-electron chi connectivity index (χ4n) is 2.88. The molecule has 0 aliphatic carbocycles. The van der Waals surface area contributed by atoms with Crippen LogP contribution in [0.2, 0.25) is 0 Å². The summed E-state index contributed by atoms with van der Waals surface area (Å²) in [5, 5.41) is 0. The predicted octanol–water partition coefficient (Wildman–Crippen LogP) is 3.72. The Morgan fingerprint density at radius 3 is 2.11 bits per heavy atom. The van der Waals surface area contributed by atoms with Crippen LogP contribution in [-0.2, 0) is 15.9 Å². The molecular formula is C21H26BFO5. The van der Waals surface area contributed by atoms with Crippen LogP contribution < -0.4 is 19.7 Å². The first-order chi connectivity index (χ1) is 13.2. The van der Waals surface area contributed by atoms with E-state index < -0.39 is 24.1 Å². The third-order valence-electron chi connectivity index (χ3n) is 5.32. The second-order valence-corrected chi connectivity index (χ2v) is 7.76. The van der Waals surface area contributed by atoms with Crippen molar-refractivity contribution in [2.75, 3.05) is 14.2 Å². The normalized spacial score (nSPS) is 17.5. The number of hydrogen-bond acceptors (Lipinski definition) is 5. The minimum absolute atomic E-state index is 0.184. The molecule has 2 aromatic carbocycles. The average molecular weight is 388 g/mol. The van der Waals surface area contributed by atoms with Gasteiger partial charge in [0.1, 0.15) is 6.61 Å². The molecule has 0 radical (unpaired) electrons. The fourth-order valence-corrected chi connectivity index (χ4v) is 2.88. The molecule has 2 aromatic rings. The van der Waals surface area contributed by atoms with Crippen LogP contribution in [0.4, 0.5) is 4.39 Å². The first kappa shape index (κ1) is 20.5. The number of rotatable bonds is 6. The van der Waals surface area contributed by atoms with E-state index in [1.54, 1.807) is 19.2 Å². The summed E-state index contributed by atoms with van der Waals surface area (Å²) in [4.78, 5) is 0. The van der Waals surface area contributed by atoms with E-state index in [0.717, 1.165) is 11.0 Å². The van der Waals surface area contributed by atoms with Gasteiger partial charge in [-0.3, -0.25) is 0 Å². The van der Waals surface area contributed by atoms with Gasteiger partial charge in [0.05, 0.1) is 25.4 Å². The second-order valence-electron chi connectivity index (χ2n) is 7.76. The van der Waals surface area contributed by atoms with Crippen LogP contribution in [-0.4, -0.2) is 32.5 Å². The largest absolute Gasteiger partial charge is 0.494 e. The van der Waals surface area contributed by atoms with Crippen molar-refractivity contribution in [2.45, 2.75) is 45.5 Å². The first-order valence-electron chi connectivity index (χ1n) is 9.15. The molecule has 5 nitrogen and oxygen atoms in total. The van der Waals surface area contributed by atoms with Crippen LogP contribution in [0.25, 0.3) is 0 Å². The molecule has 7 heteroatoms. The standard InChI is InChI=1S/C21H26BFO5/c1-20(2)21(3,4)28-22(27-20)15-8-10-17(19(12-15)25-6)26-13-14-7-9-16(23)18(11-14)24-5/h7-12H,13H2,1-6H3. The molecule has 0 N–H and O–H groups in total. The number of halogens is 1. The first-order valence-corrected chi connectivity index (χ1v) is 9.15. The Balaban J connectivity index is 1.75. The van der Waals surface area contributed by atoms with E-state index in [-0.39, 0.29) is 12.4 Å². The summed E-state index contributed by atoms with van der Waals surface area (Å²) in [5.41, 5.74) is 0.810. The molecule has 0 bridgehead atoms. The van der Waals surface area contributed by atoms with Crippen molar-refractivity contribution in [3.63, 3.8) is 0 Å². The zero-order chi connectivity index (χ0) is 20.5. The van der Waals surface area contributed by atoms with Gasteiger partial charge in [0.25, 0.3) is 0 Å². The maximum absolute atomic E-state index is 13.5. The zero-order valence-electron chi connectivity index (χ0n) is 17.2. The Bertz CT molecular complexity index is 837. The van der Waals surface area contributed by atoms with Crippen LogP contribution in [0, 0.1) is 5.82 Å². The van der Waals surface area contributed by atoms with E-state index in [9.17, 15) is 4.39 Å². The molecule has 3 rings (SSSR count). The van der Waals surface area contributed by atoms with Crippen LogP contribution >= 0.6 is 0 Å². The maximum Gasteiger partial charge on any atom is 0.494 e. The highest BCUT2D eigenvalue weighted by Crippen LogP contribution is 2.37. The van der Waals surface area contributed by atoms with Gasteiger partial charge in [0, 0.05) is 0 Å². The van der Waals surface area contributed by atoms with Gasteiger partial charge in [-0.1, -0.05) is 12.1 Å². The highest BCUT2D eigenvalue weighted by molar-refractivity contribution is 6.62. The van der Waals surface area contributed by atoms with E-state index in [4.69, 9.17) is 23.5 Å². The fraction of sp³-hybridized carbons (Fsp3) is 0.429. The lowest BCUT2D eigenvalue weighted by Gasteiger charge is -2.32. The predicted molar refractivity (Wildman–Crippen MR) is 106 cm³/mol. The van der Waals surface area contributed by atoms with E-state index in [1.807, 2.05) is 45.9 Å². The van der Waals surface area contributed by atoms with Crippen LogP contribution in [0.15, 0.2) is 36.4 Å². The van der Waals surface area contributed by atoms with E-state index in [0.29, 0.717) is 11.5 Å². The molecule has 0 atom stereocenters. The van der Waals surface area contributed by atoms with Crippen LogP contribution in [0.5, 0.6) is 17.2 Å². The number of ether oxygens (including phenoxy) is 3. The van der Waals surface area contributed by atoms with Crippen molar-refractivity contribution >= 4 is 12.6 Å². The van der Waals surface area contributed by atoms with Crippen molar-refractivity contribution in [2.24, 2.45) is 0 Å². The van der Waals surface area contributed by atoms with Gasteiger partial charge in [0.15, 0.2) is 23.1 Å². The van der Waals surface area contributed by atoms with E-state index >= 15 is 0 Å². The third kappa shape index (κ3) is 3.96. The van der Waals surface area contributed by atoms with Crippen molar-refractivity contribution in [3.05, 3.63) is 47.8 Å². The van der Waals surface area contributed by atoms with Crippen molar-refractivity contribution in [1.29, 1.82) is 0 Å². The summed E-state index contributed by atoms with van der Waals surface area (Å²) in [6.07, 6.45) is 0. The Morgan fingerprint density at radius 2 is 1.50 bits per heavy atom. The third-order valence-corrected chi connectivity index (χ3v) is 5.32. The molecule has 1 aliphatic rings. The smallest absolute Gasteiger partial charge is 0.494 e. The molecule has 150 valence electrons. The summed E-state index contributed by atoms with van der Waals surface area (Å²) in [7, 11) is 2.53. The highest BCUT2D eigenvalue weighted by atomic mass is 19.1. The van der Waals surface area contributed by atoms with Gasteiger partial charge < -0.3 is 23.5 Å². The minimum Gasteiger partial charge on any atom is -0.494 e. The summed E-state index contributed by atoms with van der Waals surface area (Å²) >= 11 is 0. The van der Waals surface area contributed by atoms with Gasteiger partial charge in [-0.05, 0) is 63.0 Å². The molecule has 0 saturated carbocycles. The Morgan fingerprint density at radius 1 is 0.857 bits per heavy atom. The van der Waals surface area contributed by atoms with Gasteiger partial charge in [-0.25, -0.2) is 4.39 Å². The van der Waals surface area contributed by atoms with Gasteiger partial charge >= 0.3 is 7.12 Å². The van der Waals surface area contributed by atoms with Gasteiger partial charge in [-0.2, -0.15) is 0 Å². The van der Waals surface area contributed by atoms with Gasteiger partial charge in [-0.15, -0.1) is 0 Å². The lowest BCUT2D eigenvalue weighted by molar-refractivity contribution is 0.00578. The SMILES string of the molecule is COc1cc(COc2ccc(B3OC(C)(C)C(C)(C)O3)cc2OC)ccc1F. The maximum atomic E-state index is 13.5. The molecule has 1 fully saturated rings. The van der Waals surface area contributed by atoms with Crippen molar-refractivity contribution < 1.29 is 27.9 Å². The molecule has 0 unspecified atom stereocenters. The van der Waals surface area contributed by atoms with E-state index in [1.165, 1.54) is 13.2 Å². The highest BCUT2D eigenvalue weighted by Gasteiger charge is 2.51. The molecule has 1 aliphatic heterocycles. The Labute approximate surface area is 165 Å². The molecular weight excluding hydrogens is 362 g/mol. The number of hydrogen-bond donors (Lipinski definition) is 0. The Hall–Kier alpha value is -2.25. The molecule has 28 heavy (non-hydrogen) atoms. The monoisotopic (exact) mass is 388 g/mol. The summed E-state index contributed by atoms with van der Waals surface area (Å²) in [6, 6.07) is 10.2. The van der Waals surface area contributed by atoms with E-state index in [2.05, 4.69) is 0 Å². The molecule has 0 spiro atoms. The quantitative estimate of drug-likeness (QED) is 0.706. The van der Waals surface area contributed by atoms with Crippen molar-refractivity contribution in [1.82, 2.24) is 0 Å². The van der Waals surface area contributed by atoms with Crippen LogP contribution in [0.3, 0.4) is 0 Å². The summed E-state index contributed by atoms with van der Waals surface area (Å²) < 4.78 is 42.1. The topological polar surface area (TPSA) is 46.2 Å². The average Bonchev–Trinajstić information content (AvgIpc) is 2.88. The summed E-state index contributed by atoms with van der Waals surface area (Å²) in [6.45, 7) is 8.30. The zero-order valence-corrected chi connectivity index (χ0v) is 17.2. The van der Waals surface area contributed by atoms with Crippen LogP contribution in [0.1, 0.15) is 33.3 Å². The number of benzene rings is 2. The Kier molecular flexibility index (Phi) is 5.59. The second kappa shape index (κ2) is 7.64. The van der Waals surface area contributed by atoms with Gasteiger partial charge in [0.2, 0.25) is 0 Å². The molecule has 0 aromatic heterocycles. The summed E-state index contributed by atoms with van der Waals surface area (Å²) in [5.74, 6) is 0.923. The molecule has 1 heterocycles. The minimum atomic E-state index is -0.477. The number of methoxy groups -OCH3 is 2.